The van der Waals surface area contributed by atoms with E-state index in [0.717, 1.165) is 25.7 Å². The van der Waals surface area contributed by atoms with Gasteiger partial charge in [-0.25, -0.2) is 0 Å². The third kappa shape index (κ3) is 5.21. The van der Waals surface area contributed by atoms with Crippen molar-refractivity contribution < 1.29 is 43.9 Å². The average Bonchev–Trinajstić information content (AvgIpc) is 2.04. The number of thiocarbonyl (C=S) groups is 1. The van der Waals surface area contributed by atoms with Gasteiger partial charge in [0.15, 0.2) is 7.60 Å². The van der Waals surface area contributed by atoms with Crippen LogP contribution in [0.1, 0.15) is 32.1 Å². The molecule has 0 aromatic heterocycles. The van der Waals surface area contributed by atoms with Gasteiger partial charge in [0.05, 0.1) is 0 Å². The predicted molar refractivity (Wildman–Crippen MR) is 52.4 cm³/mol. The Kier molecular flexibility index (Phi) is 7.07. The molecule has 2 N–H and O–H groups in total. The maximum absolute atomic E-state index is 10.6. The zero-order chi connectivity index (χ0) is 9.90. The van der Waals surface area contributed by atoms with Crippen LogP contribution in [0.2, 0.25) is 0 Å². The minimum absolute atomic E-state index is 0. The molecular formula is C7H13NNaO3PS. The molecule has 76 valence electrons. The van der Waals surface area contributed by atoms with E-state index in [1.807, 2.05) is 0 Å². The van der Waals surface area contributed by atoms with Crippen molar-refractivity contribution in [2.75, 3.05) is 0 Å². The second-order valence-electron chi connectivity index (χ2n) is 3.30. The Labute approximate surface area is 111 Å². The first-order valence-corrected chi connectivity index (χ1v) is 6.33. The third-order valence-corrected chi connectivity index (χ3v) is 3.64. The van der Waals surface area contributed by atoms with E-state index >= 15 is 0 Å². The smallest absolute Gasteiger partial charge is 0.773 e. The summed E-state index contributed by atoms with van der Waals surface area (Å²) in [6.07, 6.45) is 5.24. The van der Waals surface area contributed by atoms with Gasteiger partial charge in [-0.1, -0.05) is 31.5 Å². The molecule has 0 heterocycles. The van der Waals surface area contributed by atoms with Crippen molar-refractivity contribution in [3.63, 3.8) is 0 Å². The molecule has 0 bridgehead atoms. The summed E-state index contributed by atoms with van der Waals surface area (Å²) in [6, 6.07) is 0.121. The van der Waals surface area contributed by atoms with Crippen molar-refractivity contribution in [3.05, 3.63) is 0 Å². The summed E-state index contributed by atoms with van der Waals surface area (Å²) in [6.45, 7) is 0. The van der Waals surface area contributed by atoms with E-state index in [-0.39, 0.29) is 35.6 Å². The van der Waals surface area contributed by atoms with Gasteiger partial charge in [0.25, 0.3) is 0 Å². The Balaban J connectivity index is 0.00000169. The standard InChI is InChI=1S/C7H14NO3PS.Na/c9-12(10,11)7(13)8-6-4-2-1-3-5-6;/h6H,1-5H2,(H,8,13)(H2,9,10,11);/q;+1/p-1. The van der Waals surface area contributed by atoms with Crippen LogP contribution in [-0.2, 0) is 4.57 Å². The minimum atomic E-state index is -4.45. The molecule has 1 unspecified atom stereocenters. The van der Waals surface area contributed by atoms with Crippen LogP contribution in [0.25, 0.3) is 0 Å². The first-order chi connectivity index (χ1) is 6.00. The zero-order valence-corrected chi connectivity index (χ0v) is 11.9. The summed E-state index contributed by atoms with van der Waals surface area (Å²) >= 11 is 4.54. The molecule has 7 heteroatoms. The molecule has 0 aromatic rings. The zero-order valence-electron chi connectivity index (χ0n) is 8.23. The van der Waals surface area contributed by atoms with E-state index in [4.69, 9.17) is 4.89 Å². The Morgan fingerprint density at radius 1 is 1.43 bits per heavy atom. The molecule has 14 heavy (non-hydrogen) atoms. The van der Waals surface area contributed by atoms with E-state index in [9.17, 15) is 9.46 Å². The quantitative estimate of drug-likeness (QED) is 0.326. The maximum Gasteiger partial charge on any atom is 1.00 e. The topological polar surface area (TPSA) is 72.4 Å². The molecule has 1 atom stereocenters. The summed E-state index contributed by atoms with van der Waals surface area (Å²) in [4.78, 5) is 19.2. The van der Waals surface area contributed by atoms with Crippen LogP contribution < -0.4 is 39.8 Å². The van der Waals surface area contributed by atoms with Crippen molar-refractivity contribution in [2.24, 2.45) is 0 Å². The van der Waals surface area contributed by atoms with Crippen molar-refractivity contribution in [3.8, 4) is 0 Å². The SMILES string of the molecule is O=P([O-])(O)C(=S)NC1CCCCC1.[Na+]. The predicted octanol–water partition coefficient (Wildman–Crippen LogP) is -2.26. The van der Waals surface area contributed by atoms with Gasteiger partial charge in [-0.3, -0.25) is 0 Å². The normalized spacial score (nSPS) is 21.9. The summed E-state index contributed by atoms with van der Waals surface area (Å²) in [5.41, 5.74) is 0. The monoisotopic (exact) mass is 245 g/mol. The molecule has 0 aromatic carbocycles. The van der Waals surface area contributed by atoms with E-state index in [1.165, 1.54) is 6.42 Å². The molecule has 0 saturated heterocycles. The molecular weight excluding hydrogens is 232 g/mol. The third-order valence-electron chi connectivity index (χ3n) is 2.19. The average molecular weight is 245 g/mol. The van der Waals surface area contributed by atoms with Crippen LogP contribution in [0.15, 0.2) is 0 Å². The molecule has 1 aliphatic rings. The van der Waals surface area contributed by atoms with Gasteiger partial charge in [0, 0.05) is 6.04 Å². The fraction of sp³-hybridized carbons (Fsp3) is 0.857. The second-order valence-corrected chi connectivity index (χ2v) is 5.50. The number of nitrogens with one attached hydrogen (secondary N) is 1. The summed E-state index contributed by atoms with van der Waals surface area (Å²) in [5.74, 6) is 0. The van der Waals surface area contributed by atoms with Gasteiger partial charge >= 0.3 is 29.6 Å². The molecule has 4 nitrogen and oxygen atoms in total. The van der Waals surface area contributed by atoms with Gasteiger partial charge in [0.1, 0.15) is 4.73 Å². The van der Waals surface area contributed by atoms with Crippen molar-refractivity contribution in [2.45, 2.75) is 38.1 Å². The Morgan fingerprint density at radius 3 is 2.36 bits per heavy atom. The molecule has 0 radical (unpaired) electrons. The van der Waals surface area contributed by atoms with Crippen LogP contribution in [0.4, 0.5) is 0 Å². The van der Waals surface area contributed by atoms with Crippen LogP contribution in [0.5, 0.6) is 0 Å². The van der Waals surface area contributed by atoms with E-state index in [0.29, 0.717) is 0 Å². The Bertz CT molecular complexity index is 239. The maximum atomic E-state index is 10.6. The number of rotatable bonds is 2. The van der Waals surface area contributed by atoms with Gasteiger partial charge in [-0.15, -0.1) is 0 Å². The van der Waals surface area contributed by atoms with Crippen LogP contribution in [0, 0.1) is 0 Å². The van der Waals surface area contributed by atoms with E-state index < -0.39 is 12.3 Å². The van der Waals surface area contributed by atoms with Crippen molar-refractivity contribution in [1.29, 1.82) is 0 Å². The van der Waals surface area contributed by atoms with Crippen LogP contribution >= 0.6 is 19.8 Å². The van der Waals surface area contributed by atoms with Crippen LogP contribution in [0.3, 0.4) is 0 Å². The fourth-order valence-electron chi connectivity index (χ4n) is 1.50. The van der Waals surface area contributed by atoms with Crippen LogP contribution in [-0.4, -0.2) is 15.7 Å². The molecule has 1 aliphatic carbocycles. The van der Waals surface area contributed by atoms with Gasteiger partial charge < -0.3 is 19.7 Å². The fourth-order valence-corrected chi connectivity index (χ4v) is 2.02. The summed E-state index contributed by atoms with van der Waals surface area (Å²) < 4.78 is 10.2. The van der Waals surface area contributed by atoms with Gasteiger partial charge in [0.2, 0.25) is 0 Å². The molecule has 0 spiro atoms. The van der Waals surface area contributed by atoms with E-state index in [2.05, 4.69) is 17.5 Å². The first kappa shape index (κ1) is 15.0. The number of hydrogen-bond donors (Lipinski definition) is 2. The molecule has 0 amide bonds. The summed E-state index contributed by atoms with van der Waals surface area (Å²) in [7, 11) is -4.45. The Hall–Kier alpha value is 1.04. The molecule has 1 saturated carbocycles. The number of hydrogen-bond acceptors (Lipinski definition) is 3. The van der Waals surface area contributed by atoms with Gasteiger partial charge in [-0.2, -0.15) is 0 Å². The molecule has 1 fully saturated rings. The summed E-state index contributed by atoms with van der Waals surface area (Å²) in [5, 5.41) is 2.66. The van der Waals surface area contributed by atoms with Gasteiger partial charge in [-0.05, 0) is 12.8 Å². The second kappa shape index (κ2) is 6.59. The minimum Gasteiger partial charge on any atom is -0.773 e. The largest absolute Gasteiger partial charge is 1.00 e. The molecule has 0 aliphatic heterocycles. The first-order valence-electron chi connectivity index (χ1n) is 4.35. The Morgan fingerprint density at radius 2 is 1.93 bits per heavy atom. The molecule has 1 rings (SSSR count). The van der Waals surface area contributed by atoms with E-state index in [1.54, 1.807) is 0 Å². The van der Waals surface area contributed by atoms with Crippen molar-refractivity contribution in [1.82, 2.24) is 5.32 Å². The van der Waals surface area contributed by atoms with Crippen molar-refractivity contribution >= 4 is 24.5 Å².